The van der Waals surface area contributed by atoms with Crippen molar-refractivity contribution in [3.05, 3.63) is 33.3 Å². The third-order valence-corrected chi connectivity index (χ3v) is 4.79. The molecular weight excluding hydrogens is 328 g/mol. The van der Waals surface area contributed by atoms with Gasteiger partial charge in [0.2, 0.25) is 0 Å². The van der Waals surface area contributed by atoms with Gasteiger partial charge in [-0.3, -0.25) is 4.79 Å². The second-order valence-electron chi connectivity index (χ2n) is 5.14. The number of hydrogen-bond acceptors (Lipinski definition) is 2. The lowest BCUT2D eigenvalue weighted by atomic mass is 9.87. The van der Waals surface area contributed by atoms with Crippen LogP contribution in [0.3, 0.4) is 0 Å². The smallest absolute Gasteiger partial charge is 0.255 e. The van der Waals surface area contributed by atoms with E-state index >= 15 is 0 Å². The van der Waals surface area contributed by atoms with Crippen LogP contribution in [-0.4, -0.2) is 30.4 Å². The Kier molecular flexibility index (Phi) is 4.87. The van der Waals surface area contributed by atoms with Crippen molar-refractivity contribution in [3.8, 4) is 0 Å². The van der Waals surface area contributed by atoms with Crippen LogP contribution < -0.4 is 5.73 Å². The molecule has 2 rings (SSSR count). The summed E-state index contributed by atoms with van der Waals surface area (Å²) < 4.78 is 0.782. The number of carbonyl (C=O) groups is 1. The summed E-state index contributed by atoms with van der Waals surface area (Å²) >= 11 is 9.38. The highest BCUT2D eigenvalue weighted by Crippen LogP contribution is 2.27. The van der Waals surface area contributed by atoms with E-state index in [1.54, 1.807) is 12.1 Å². The molecule has 1 aliphatic rings. The predicted molar refractivity (Wildman–Crippen MR) is 81.4 cm³/mol. The first kappa shape index (κ1) is 14.8. The van der Waals surface area contributed by atoms with Gasteiger partial charge in [0, 0.05) is 22.6 Å². The number of halogens is 2. The fourth-order valence-corrected chi connectivity index (χ4v) is 3.06. The Morgan fingerprint density at radius 1 is 1.58 bits per heavy atom. The first-order valence-corrected chi connectivity index (χ1v) is 7.64. The maximum absolute atomic E-state index is 12.5. The second-order valence-corrected chi connectivity index (χ2v) is 6.43. The average molecular weight is 346 g/mol. The third-order valence-electron chi connectivity index (χ3n) is 3.86. The van der Waals surface area contributed by atoms with Gasteiger partial charge in [0.25, 0.3) is 5.91 Å². The number of piperidine rings is 1. The van der Waals surface area contributed by atoms with Crippen LogP contribution >= 0.6 is 27.5 Å². The second kappa shape index (κ2) is 6.25. The molecule has 3 nitrogen and oxygen atoms in total. The Morgan fingerprint density at radius 2 is 2.32 bits per heavy atom. The van der Waals surface area contributed by atoms with Crippen molar-refractivity contribution in [1.29, 1.82) is 0 Å². The molecule has 0 spiro atoms. The van der Waals surface area contributed by atoms with E-state index in [1.807, 2.05) is 11.0 Å². The lowest BCUT2D eigenvalue weighted by Gasteiger charge is -2.36. The molecule has 1 aromatic rings. The largest absolute Gasteiger partial charge is 0.338 e. The molecule has 2 N–H and O–H groups in total. The number of benzene rings is 1. The van der Waals surface area contributed by atoms with Crippen LogP contribution in [-0.2, 0) is 0 Å². The Balaban J connectivity index is 2.18. The zero-order chi connectivity index (χ0) is 14.0. The molecule has 0 aromatic heterocycles. The van der Waals surface area contributed by atoms with E-state index in [1.165, 1.54) is 0 Å². The molecule has 19 heavy (non-hydrogen) atoms. The van der Waals surface area contributed by atoms with E-state index in [0.29, 0.717) is 29.0 Å². The summed E-state index contributed by atoms with van der Waals surface area (Å²) in [5.74, 6) is 0.993. The quantitative estimate of drug-likeness (QED) is 0.895. The van der Waals surface area contributed by atoms with Crippen molar-refractivity contribution in [3.63, 3.8) is 0 Å². The lowest BCUT2D eigenvalue weighted by molar-refractivity contribution is 0.0617. The van der Waals surface area contributed by atoms with Crippen LogP contribution in [0.15, 0.2) is 22.7 Å². The van der Waals surface area contributed by atoms with Gasteiger partial charge in [0.05, 0.1) is 5.56 Å². The zero-order valence-electron chi connectivity index (χ0n) is 10.9. The number of hydrogen-bond donors (Lipinski definition) is 1. The minimum absolute atomic E-state index is 0.0275. The van der Waals surface area contributed by atoms with Gasteiger partial charge >= 0.3 is 0 Å². The number of rotatable bonds is 2. The van der Waals surface area contributed by atoms with Gasteiger partial charge in [0.1, 0.15) is 0 Å². The molecule has 0 radical (unpaired) electrons. The molecule has 5 heteroatoms. The van der Waals surface area contributed by atoms with Crippen LogP contribution in [0.25, 0.3) is 0 Å². The summed E-state index contributed by atoms with van der Waals surface area (Å²) in [5.41, 5.74) is 6.40. The van der Waals surface area contributed by atoms with E-state index in [4.69, 9.17) is 17.3 Å². The maximum Gasteiger partial charge on any atom is 0.255 e. The molecule has 104 valence electrons. The van der Waals surface area contributed by atoms with Gasteiger partial charge in [-0.25, -0.2) is 0 Å². The van der Waals surface area contributed by atoms with Crippen LogP contribution in [0, 0.1) is 11.8 Å². The number of nitrogens with zero attached hydrogens (tertiary/aromatic N) is 1. The van der Waals surface area contributed by atoms with Gasteiger partial charge in [-0.15, -0.1) is 0 Å². The molecule has 0 saturated carbocycles. The maximum atomic E-state index is 12.5. The van der Waals surface area contributed by atoms with E-state index in [0.717, 1.165) is 24.0 Å². The Hall–Kier alpha value is -0.580. The SMILES string of the molecule is CC1CCN(C(=O)c2cc(Cl)ccc2Br)CC1CN. The van der Waals surface area contributed by atoms with Gasteiger partial charge in [0.15, 0.2) is 0 Å². The molecule has 2 atom stereocenters. The van der Waals surface area contributed by atoms with Gasteiger partial charge < -0.3 is 10.6 Å². The van der Waals surface area contributed by atoms with E-state index in [9.17, 15) is 4.79 Å². The molecule has 1 amide bonds. The summed E-state index contributed by atoms with van der Waals surface area (Å²) in [5, 5.41) is 0.576. The highest BCUT2D eigenvalue weighted by atomic mass is 79.9. The molecule has 1 saturated heterocycles. The number of carbonyl (C=O) groups excluding carboxylic acids is 1. The fraction of sp³-hybridized carbons (Fsp3) is 0.500. The highest BCUT2D eigenvalue weighted by molar-refractivity contribution is 9.10. The Morgan fingerprint density at radius 3 is 3.00 bits per heavy atom. The monoisotopic (exact) mass is 344 g/mol. The van der Waals surface area contributed by atoms with Crippen molar-refractivity contribution in [2.75, 3.05) is 19.6 Å². The minimum Gasteiger partial charge on any atom is -0.338 e. The van der Waals surface area contributed by atoms with Crippen molar-refractivity contribution in [2.45, 2.75) is 13.3 Å². The minimum atomic E-state index is 0.0275. The van der Waals surface area contributed by atoms with Crippen molar-refractivity contribution in [2.24, 2.45) is 17.6 Å². The molecular formula is C14H18BrClN2O. The number of nitrogens with two attached hydrogens (primary N) is 1. The fourth-order valence-electron chi connectivity index (χ4n) is 2.47. The van der Waals surface area contributed by atoms with Crippen molar-refractivity contribution < 1.29 is 4.79 Å². The molecule has 1 fully saturated rings. The van der Waals surface area contributed by atoms with Crippen molar-refractivity contribution >= 4 is 33.4 Å². The van der Waals surface area contributed by atoms with Crippen molar-refractivity contribution in [1.82, 2.24) is 4.90 Å². The summed E-state index contributed by atoms with van der Waals surface area (Å²) in [6, 6.07) is 5.29. The van der Waals surface area contributed by atoms with E-state index in [2.05, 4.69) is 22.9 Å². The Labute approximate surface area is 127 Å². The summed E-state index contributed by atoms with van der Waals surface area (Å²) in [6.07, 6.45) is 1.01. The molecule has 2 unspecified atom stereocenters. The topological polar surface area (TPSA) is 46.3 Å². The first-order chi connectivity index (χ1) is 9.02. The van der Waals surface area contributed by atoms with Crippen LogP contribution in [0.1, 0.15) is 23.7 Å². The highest BCUT2D eigenvalue weighted by Gasteiger charge is 2.29. The molecule has 0 aliphatic carbocycles. The number of likely N-dealkylation sites (tertiary alicyclic amines) is 1. The molecule has 0 bridgehead atoms. The van der Waals surface area contributed by atoms with E-state index < -0.39 is 0 Å². The number of amides is 1. The van der Waals surface area contributed by atoms with Crippen LogP contribution in [0.2, 0.25) is 5.02 Å². The zero-order valence-corrected chi connectivity index (χ0v) is 13.2. The molecule has 1 aliphatic heterocycles. The standard InChI is InChI=1S/C14H18BrClN2O/c1-9-4-5-18(8-10(9)7-17)14(19)12-6-11(16)2-3-13(12)15/h2-3,6,9-10H,4-5,7-8,17H2,1H3. The summed E-state index contributed by atoms with van der Waals surface area (Å²) in [7, 11) is 0. The van der Waals surface area contributed by atoms with Gasteiger partial charge in [-0.05, 0) is 58.9 Å². The van der Waals surface area contributed by atoms with Crippen LogP contribution in [0.5, 0.6) is 0 Å². The van der Waals surface area contributed by atoms with E-state index in [-0.39, 0.29) is 5.91 Å². The lowest BCUT2D eigenvalue weighted by Crippen LogP contribution is -2.45. The summed E-state index contributed by atoms with van der Waals surface area (Å²) in [6.45, 7) is 4.35. The van der Waals surface area contributed by atoms with Gasteiger partial charge in [-0.2, -0.15) is 0 Å². The third kappa shape index (κ3) is 3.30. The molecule has 1 aromatic carbocycles. The summed E-state index contributed by atoms with van der Waals surface area (Å²) in [4.78, 5) is 14.4. The Bertz CT molecular complexity index is 481. The van der Waals surface area contributed by atoms with Crippen LogP contribution in [0.4, 0.5) is 0 Å². The van der Waals surface area contributed by atoms with Gasteiger partial charge in [-0.1, -0.05) is 18.5 Å². The molecule has 1 heterocycles. The predicted octanol–water partition coefficient (Wildman–Crippen LogP) is 3.16. The average Bonchev–Trinajstić information content (AvgIpc) is 2.41. The first-order valence-electron chi connectivity index (χ1n) is 6.47. The normalized spacial score (nSPS) is 23.5.